The lowest BCUT2D eigenvalue weighted by atomic mass is 9.99. The Balaban J connectivity index is 1.24. The van der Waals surface area contributed by atoms with Gasteiger partial charge in [0.2, 0.25) is 11.7 Å². The number of pyridine rings is 1. The van der Waals surface area contributed by atoms with Crippen LogP contribution in [0.25, 0.3) is 22.6 Å². The van der Waals surface area contributed by atoms with E-state index in [0.29, 0.717) is 36.2 Å². The fourth-order valence-corrected chi connectivity index (χ4v) is 3.35. The molecule has 0 aliphatic carbocycles. The van der Waals surface area contributed by atoms with Gasteiger partial charge in [0.05, 0.1) is 18.7 Å². The van der Waals surface area contributed by atoms with E-state index in [1.54, 1.807) is 30.5 Å². The molecule has 1 amide bonds. The molecule has 4 aromatic rings. The summed E-state index contributed by atoms with van der Waals surface area (Å²) in [6.07, 6.45) is 3.37. The number of methoxy groups -OCH3 is 1. The number of benzene rings is 1. The van der Waals surface area contributed by atoms with Crippen molar-refractivity contribution in [2.75, 3.05) is 20.2 Å². The van der Waals surface area contributed by atoms with E-state index in [9.17, 15) is 4.79 Å². The van der Waals surface area contributed by atoms with Crippen molar-refractivity contribution in [2.45, 2.75) is 5.92 Å². The molecule has 0 spiro atoms. The minimum Gasteiger partial charge on any atom is -0.497 e. The highest BCUT2D eigenvalue weighted by Gasteiger charge is 2.36. The van der Waals surface area contributed by atoms with Crippen LogP contribution in [0.5, 0.6) is 5.75 Å². The van der Waals surface area contributed by atoms with E-state index in [1.807, 2.05) is 36.4 Å². The Morgan fingerprint density at radius 2 is 2.07 bits per heavy atom. The smallest absolute Gasteiger partial charge is 0.271 e. The van der Waals surface area contributed by atoms with Crippen LogP contribution in [-0.2, 0) is 0 Å². The lowest BCUT2D eigenvalue weighted by Crippen LogP contribution is -2.48. The van der Waals surface area contributed by atoms with Crippen molar-refractivity contribution in [3.63, 3.8) is 0 Å². The summed E-state index contributed by atoms with van der Waals surface area (Å²) >= 11 is 0. The van der Waals surface area contributed by atoms with E-state index in [4.69, 9.17) is 9.26 Å². The lowest BCUT2D eigenvalue weighted by Gasteiger charge is -2.36. The molecule has 1 fully saturated rings. The van der Waals surface area contributed by atoms with Crippen LogP contribution in [0.2, 0.25) is 0 Å². The van der Waals surface area contributed by atoms with Gasteiger partial charge in [0, 0.05) is 36.6 Å². The van der Waals surface area contributed by atoms with Crippen LogP contribution in [0, 0.1) is 0 Å². The number of amides is 1. The van der Waals surface area contributed by atoms with E-state index in [2.05, 4.69) is 25.3 Å². The SMILES string of the molecule is COc1cccc(-c2cc(C(=O)N3CC(c4nc(-c5cccnc5)no4)C3)[nH]n2)c1. The average molecular weight is 402 g/mol. The fraction of sp³-hybridized carbons (Fsp3) is 0.190. The molecule has 0 saturated carbocycles. The van der Waals surface area contributed by atoms with Gasteiger partial charge >= 0.3 is 0 Å². The fourth-order valence-electron chi connectivity index (χ4n) is 3.35. The highest BCUT2D eigenvalue weighted by atomic mass is 16.5. The van der Waals surface area contributed by atoms with Crippen molar-refractivity contribution in [3.05, 3.63) is 66.4 Å². The van der Waals surface area contributed by atoms with Gasteiger partial charge in [0.1, 0.15) is 11.4 Å². The molecular weight excluding hydrogens is 384 g/mol. The highest BCUT2D eigenvalue weighted by Crippen LogP contribution is 2.29. The number of ether oxygens (including phenoxy) is 1. The predicted molar refractivity (Wildman–Crippen MR) is 107 cm³/mol. The molecule has 30 heavy (non-hydrogen) atoms. The quantitative estimate of drug-likeness (QED) is 0.546. The summed E-state index contributed by atoms with van der Waals surface area (Å²) in [7, 11) is 1.61. The van der Waals surface area contributed by atoms with Crippen LogP contribution in [0.15, 0.2) is 59.4 Å². The molecule has 0 unspecified atom stereocenters. The van der Waals surface area contributed by atoms with Crippen molar-refractivity contribution in [1.82, 2.24) is 30.2 Å². The van der Waals surface area contributed by atoms with E-state index in [0.717, 1.165) is 16.9 Å². The van der Waals surface area contributed by atoms with Gasteiger partial charge in [0.15, 0.2) is 0 Å². The molecule has 9 nitrogen and oxygen atoms in total. The lowest BCUT2D eigenvalue weighted by molar-refractivity contribution is 0.0563. The number of H-pyrrole nitrogens is 1. The number of nitrogens with zero attached hydrogens (tertiary/aromatic N) is 5. The van der Waals surface area contributed by atoms with Gasteiger partial charge in [-0.1, -0.05) is 17.3 Å². The molecule has 4 heterocycles. The van der Waals surface area contributed by atoms with Crippen molar-refractivity contribution in [1.29, 1.82) is 0 Å². The summed E-state index contributed by atoms with van der Waals surface area (Å²) in [6, 6.07) is 13.0. The summed E-state index contributed by atoms with van der Waals surface area (Å²) in [4.78, 5) is 23.0. The van der Waals surface area contributed by atoms with E-state index in [-0.39, 0.29) is 11.8 Å². The zero-order valence-corrected chi connectivity index (χ0v) is 16.1. The van der Waals surface area contributed by atoms with Crippen LogP contribution < -0.4 is 4.74 Å². The van der Waals surface area contributed by atoms with Crippen molar-refractivity contribution < 1.29 is 14.1 Å². The molecule has 1 aliphatic heterocycles. The molecule has 9 heteroatoms. The highest BCUT2D eigenvalue weighted by molar-refractivity contribution is 5.94. The van der Waals surface area contributed by atoms with E-state index < -0.39 is 0 Å². The second kappa shape index (κ2) is 7.43. The van der Waals surface area contributed by atoms with E-state index in [1.165, 1.54) is 0 Å². The van der Waals surface area contributed by atoms with Gasteiger partial charge in [-0.05, 0) is 30.3 Å². The Kier molecular flexibility index (Phi) is 4.47. The Bertz CT molecular complexity index is 1180. The summed E-state index contributed by atoms with van der Waals surface area (Å²) in [5.41, 5.74) is 2.79. The van der Waals surface area contributed by atoms with Crippen LogP contribution in [0.3, 0.4) is 0 Å². The number of hydrogen-bond acceptors (Lipinski definition) is 7. The summed E-state index contributed by atoms with van der Waals surface area (Å²) < 4.78 is 10.6. The zero-order chi connectivity index (χ0) is 20.5. The molecule has 3 aromatic heterocycles. The maximum atomic E-state index is 12.8. The molecule has 0 bridgehead atoms. The first kappa shape index (κ1) is 18.0. The minimum absolute atomic E-state index is 0.0210. The largest absolute Gasteiger partial charge is 0.497 e. The van der Waals surface area contributed by atoms with Crippen LogP contribution in [0.4, 0.5) is 0 Å². The minimum atomic E-state index is -0.111. The second-order valence-corrected chi connectivity index (χ2v) is 7.00. The number of nitrogens with one attached hydrogen (secondary N) is 1. The van der Waals surface area contributed by atoms with Gasteiger partial charge in [-0.15, -0.1) is 0 Å². The number of likely N-dealkylation sites (tertiary alicyclic amines) is 1. The molecule has 1 N–H and O–H groups in total. The average Bonchev–Trinajstić information content (AvgIpc) is 3.44. The Hall–Kier alpha value is -4.01. The van der Waals surface area contributed by atoms with Gasteiger partial charge in [-0.25, -0.2) is 0 Å². The van der Waals surface area contributed by atoms with Crippen molar-refractivity contribution in [2.24, 2.45) is 0 Å². The Morgan fingerprint density at radius 3 is 2.87 bits per heavy atom. The summed E-state index contributed by atoms with van der Waals surface area (Å²) in [5, 5.41) is 11.1. The number of rotatable bonds is 5. The Morgan fingerprint density at radius 1 is 1.20 bits per heavy atom. The molecule has 1 aromatic carbocycles. The van der Waals surface area contributed by atoms with Gasteiger partial charge < -0.3 is 14.2 Å². The summed E-state index contributed by atoms with van der Waals surface area (Å²) in [6.45, 7) is 1.03. The molecule has 0 radical (unpaired) electrons. The third kappa shape index (κ3) is 3.30. The number of aromatic amines is 1. The van der Waals surface area contributed by atoms with Crippen molar-refractivity contribution >= 4 is 5.91 Å². The third-order valence-electron chi connectivity index (χ3n) is 5.05. The number of carbonyl (C=O) groups is 1. The normalized spacial score (nSPS) is 13.8. The van der Waals surface area contributed by atoms with E-state index >= 15 is 0 Å². The van der Waals surface area contributed by atoms with Gasteiger partial charge in [0.25, 0.3) is 5.91 Å². The summed E-state index contributed by atoms with van der Waals surface area (Å²) in [5.74, 6) is 1.67. The van der Waals surface area contributed by atoms with Crippen LogP contribution in [0.1, 0.15) is 22.3 Å². The molecule has 0 atom stereocenters. The first-order valence-electron chi connectivity index (χ1n) is 9.44. The first-order valence-corrected chi connectivity index (χ1v) is 9.44. The standard InChI is InChI=1S/C21H18N6O3/c1-29-16-6-2-4-13(8-16)17-9-18(25-24-17)21(28)27-11-15(12-27)20-23-19(26-30-20)14-5-3-7-22-10-14/h2-10,15H,11-12H2,1H3,(H,24,25). The number of carbonyl (C=O) groups excluding carboxylic acids is 1. The van der Waals surface area contributed by atoms with Gasteiger partial charge in [-0.2, -0.15) is 10.1 Å². The maximum absolute atomic E-state index is 12.8. The number of aromatic nitrogens is 5. The zero-order valence-electron chi connectivity index (χ0n) is 16.1. The third-order valence-corrected chi connectivity index (χ3v) is 5.05. The maximum Gasteiger partial charge on any atom is 0.271 e. The van der Waals surface area contributed by atoms with Crippen LogP contribution >= 0.6 is 0 Å². The monoisotopic (exact) mass is 402 g/mol. The molecule has 1 saturated heterocycles. The predicted octanol–water partition coefficient (Wildman–Crippen LogP) is 2.77. The first-order chi connectivity index (χ1) is 14.7. The molecule has 5 rings (SSSR count). The second-order valence-electron chi connectivity index (χ2n) is 7.00. The molecule has 150 valence electrons. The van der Waals surface area contributed by atoms with Gasteiger partial charge in [-0.3, -0.25) is 14.9 Å². The van der Waals surface area contributed by atoms with Crippen LogP contribution in [-0.4, -0.2) is 56.3 Å². The Labute approximate surface area is 171 Å². The number of hydrogen-bond donors (Lipinski definition) is 1. The van der Waals surface area contributed by atoms with Crippen molar-refractivity contribution in [3.8, 4) is 28.4 Å². The molecule has 1 aliphatic rings. The molecular formula is C21H18N6O3. The topological polar surface area (TPSA) is 110 Å².